The molecule has 1 unspecified atom stereocenters. The molecule has 0 bridgehead atoms. The molecule has 1 aromatic carbocycles. The minimum absolute atomic E-state index is 0.0490. The Balaban J connectivity index is 2.39. The average Bonchev–Trinajstić information content (AvgIpc) is 2.24. The first-order chi connectivity index (χ1) is 8.10. The third-order valence-electron chi connectivity index (χ3n) is 3.48. The average molecular weight is 299 g/mol. The SMILES string of the molecule is CN(C)C(c1ccccc1Br)C1(CN)COC1. The highest BCUT2D eigenvalue weighted by Crippen LogP contribution is 2.44. The van der Waals surface area contributed by atoms with E-state index in [-0.39, 0.29) is 11.5 Å². The Morgan fingerprint density at radius 1 is 1.41 bits per heavy atom. The zero-order chi connectivity index (χ0) is 12.5. The molecule has 1 aliphatic rings. The van der Waals surface area contributed by atoms with Gasteiger partial charge in [-0.2, -0.15) is 0 Å². The van der Waals surface area contributed by atoms with Crippen LogP contribution in [0.15, 0.2) is 28.7 Å². The van der Waals surface area contributed by atoms with E-state index in [1.54, 1.807) is 0 Å². The predicted molar refractivity (Wildman–Crippen MR) is 72.9 cm³/mol. The van der Waals surface area contributed by atoms with Gasteiger partial charge in [0.1, 0.15) is 0 Å². The lowest BCUT2D eigenvalue weighted by atomic mass is 9.74. The van der Waals surface area contributed by atoms with E-state index in [1.165, 1.54) is 5.56 Å². The Morgan fingerprint density at radius 2 is 2.06 bits per heavy atom. The monoisotopic (exact) mass is 298 g/mol. The molecule has 17 heavy (non-hydrogen) atoms. The van der Waals surface area contributed by atoms with Crippen LogP contribution in [0.4, 0.5) is 0 Å². The Kier molecular flexibility index (Phi) is 3.88. The van der Waals surface area contributed by atoms with Crippen molar-refractivity contribution in [3.63, 3.8) is 0 Å². The van der Waals surface area contributed by atoms with Crippen LogP contribution in [0.3, 0.4) is 0 Å². The number of ether oxygens (including phenoxy) is 1. The van der Waals surface area contributed by atoms with Gasteiger partial charge in [-0.25, -0.2) is 0 Å². The highest BCUT2D eigenvalue weighted by molar-refractivity contribution is 9.10. The van der Waals surface area contributed by atoms with Crippen molar-refractivity contribution >= 4 is 15.9 Å². The van der Waals surface area contributed by atoms with E-state index in [4.69, 9.17) is 10.5 Å². The number of nitrogens with zero attached hydrogens (tertiary/aromatic N) is 1. The number of hydrogen-bond donors (Lipinski definition) is 1. The van der Waals surface area contributed by atoms with Crippen molar-refractivity contribution in [1.29, 1.82) is 0 Å². The molecular weight excluding hydrogens is 280 g/mol. The fraction of sp³-hybridized carbons (Fsp3) is 0.538. The molecule has 1 aromatic rings. The number of hydrogen-bond acceptors (Lipinski definition) is 3. The maximum absolute atomic E-state index is 5.97. The molecule has 0 saturated carbocycles. The summed E-state index contributed by atoms with van der Waals surface area (Å²) in [6.45, 7) is 2.14. The maximum atomic E-state index is 5.97. The van der Waals surface area contributed by atoms with Gasteiger partial charge in [-0.3, -0.25) is 0 Å². The van der Waals surface area contributed by atoms with Gasteiger partial charge in [-0.15, -0.1) is 0 Å². The summed E-state index contributed by atoms with van der Waals surface area (Å²) in [5.74, 6) is 0. The van der Waals surface area contributed by atoms with Gasteiger partial charge in [0.2, 0.25) is 0 Å². The summed E-state index contributed by atoms with van der Waals surface area (Å²) in [5.41, 5.74) is 7.31. The van der Waals surface area contributed by atoms with Crippen molar-refractivity contribution in [1.82, 2.24) is 4.90 Å². The molecule has 0 radical (unpaired) electrons. The highest BCUT2D eigenvalue weighted by atomic mass is 79.9. The summed E-state index contributed by atoms with van der Waals surface area (Å²) in [5, 5.41) is 0. The van der Waals surface area contributed by atoms with Gasteiger partial charge in [0.15, 0.2) is 0 Å². The van der Waals surface area contributed by atoms with Gasteiger partial charge in [0, 0.05) is 22.5 Å². The van der Waals surface area contributed by atoms with Gasteiger partial charge < -0.3 is 15.4 Å². The summed E-state index contributed by atoms with van der Waals surface area (Å²) in [7, 11) is 4.19. The molecule has 1 fully saturated rings. The van der Waals surface area contributed by atoms with Crippen LogP contribution in [-0.2, 0) is 4.74 Å². The molecular formula is C13H19BrN2O. The van der Waals surface area contributed by atoms with E-state index < -0.39 is 0 Å². The number of benzene rings is 1. The third kappa shape index (κ3) is 2.27. The topological polar surface area (TPSA) is 38.5 Å². The number of rotatable bonds is 4. The zero-order valence-electron chi connectivity index (χ0n) is 10.3. The first-order valence-corrected chi connectivity index (χ1v) is 6.59. The molecule has 94 valence electrons. The van der Waals surface area contributed by atoms with E-state index in [0.29, 0.717) is 6.54 Å². The second kappa shape index (κ2) is 5.06. The van der Waals surface area contributed by atoms with E-state index in [1.807, 2.05) is 6.07 Å². The fourth-order valence-electron chi connectivity index (χ4n) is 2.60. The lowest BCUT2D eigenvalue weighted by Gasteiger charge is -2.49. The molecule has 2 rings (SSSR count). The highest BCUT2D eigenvalue weighted by Gasteiger charge is 2.46. The minimum Gasteiger partial charge on any atom is -0.380 e. The molecule has 1 atom stereocenters. The van der Waals surface area contributed by atoms with Crippen LogP contribution < -0.4 is 5.73 Å². The largest absolute Gasteiger partial charge is 0.380 e. The summed E-state index contributed by atoms with van der Waals surface area (Å²) >= 11 is 3.63. The Bertz CT molecular complexity index is 385. The van der Waals surface area contributed by atoms with Crippen molar-refractivity contribution < 1.29 is 4.74 Å². The standard InChI is InChI=1S/C13H19BrN2O/c1-16(2)12(13(7-15)8-17-9-13)10-5-3-4-6-11(10)14/h3-6,12H,7-9,15H2,1-2H3. The van der Waals surface area contributed by atoms with Crippen molar-refractivity contribution in [2.45, 2.75) is 6.04 Å². The van der Waals surface area contributed by atoms with Crippen molar-refractivity contribution in [3.8, 4) is 0 Å². The van der Waals surface area contributed by atoms with Gasteiger partial charge in [-0.1, -0.05) is 34.1 Å². The van der Waals surface area contributed by atoms with Gasteiger partial charge in [0.25, 0.3) is 0 Å². The van der Waals surface area contributed by atoms with Crippen LogP contribution in [0.1, 0.15) is 11.6 Å². The zero-order valence-corrected chi connectivity index (χ0v) is 11.9. The second-order valence-corrected chi connectivity index (χ2v) is 5.80. The van der Waals surface area contributed by atoms with Crippen molar-refractivity contribution in [3.05, 3.63) is 34.3 Å². The van der Waals surface area contributed by atoms with Crippen molar-refractivity contribution in [2.24, 2.45) is 11.1 Å². The molecule has 0 aliphatic carbocycles. The Labute approximate surface area is 111 Å². The van der Waals surface area contributed by atoms with E-state index in [0.717, 1.165) is 17.7 Å². The first kappa shape index (κ1) is 13.0. The quantitative estimate of drug-likeness (QED) is 0.924. The second-order valence-electron chi connectivity index (χ2n) is 4.95. The van der Waals surface area contributed by atoms with E-state index >= 15 is 0 Å². The summed E-state index contributed by atoms with van der Waals surface area (Å²) in [6.07, 6.45) is 0. The Morgan fingerprint density at radius 3 is 2.47 bits per heavy atom. The molecule has 0 aromatic heterocycles. The summed E-state index contributed by atoms with van der Waals surface area (Å²) < 4.78 is 6.54. The number of halogens is 1. The third-order valence-corrected chi connectivity index (χ3v) is 4.20. The molecule has 4 heteroatoms. The van der Waals surface area contributed by atoms with Crippen LogP contribution in [-0.4, -0.2) is 38.8 Å². The minimum atomic E-state index is 0.0490. The first-order valence-electron chi connectivity index (χ1n) is 5.79. The molecule has 2 N–H and O–H groups in total. The lowest BCUT2D eigenvalue weighted by molar-refractivity contribution is -0.145. The van der Waals surface area contributed by atoms with Crippen LogP contribution in [0.5, 0.6) is 0 Å². The van der Waals surface area contributed by atoms with Crippen LogP contribution in [0.25, 0.3) is 0 Å². The Hall–Kier alpha value is -0.420. The molecule has 0 amide bonds. The smallest absolute Gasteiger partial charge is 0.0575 e. The number of nitrogens with two attached hydrogens (primary N) is 1. The van der Waals surface area contributed by atoms with Gasteiger partial charge >= 0.3 is 0 Å². The normalized spacial score (nSPS) is 20.1. The molecule has 1 heterocycles. The maximum Gasteiger partial charge on any atom is 0.0575 e. The van der Waals surface area contributed by atoms with Gasteiger partial charge in [-0.05, 0) is 25.7 Å². The summed E-state index contributed by atoms with van der Waals surface area (Å²) in [6, 6.07) is 8.63. The molecule has 1 aliphatic heterocycles. The van der Waals surface area contributed by atoms with Crippen molar-refractivity contribution in [2.75, 3.05) is 33.9 Å². The van der Waals surface area contributed by atoms with E-state index in [2.05, 4.69) is 53.1 Å². The lowest BCUT2D eigenvalue weighted by Crippen LogP contribution is -2.55. The van der Waals surface area contributed by atoms with Gasteiger partial charge in [0.05, 0.1) is 13.2 Å². The molecule has 0 spiro atoms. The molecule has 1 saturated heterocycles. The summed E-state index contributed by atoms with van der Waals surface area (Å²) in [4.78, 5) is 2.23. The fourth-order valence-corrected chi connectivity index (χ4v) is 3.11. The predicted octanol–water partition coefficient (Wildman–Crippen LogP) is 2.03. The van der Waals surface area contributed by atoms with Crippen LogP contribution in [0, 0.1) is 5.41 Å². The van der Waals surface area contributed by atoms with Crippen LogP contribution in [0.2, 0.25) is 0 Å². The van der Waals surface area contributed by atoms with E-state index in [9.17, 15) is 0 Å². The molecule has 3 nitrogen and oxygen atoms in total. The van der Waals surface area contributed by atoms with Crippen LogP contribution >= 0.6 is 15.9 Å².